The van der Waals surface area contributed by atoms with Crippen LogP contribution < -0.4 is 5.32 Å². The number of esters is 1. The Hall–Kier alpha value is -1.58. The predicted molar refractivity (Wildman–Crippen MR) is 40.6 cm³/mol. The van der Waals surface area contributed by atoms with Gasteiger partial charge in [0.1, 0.15) is 0 Å². The molecule has 1 aliphatic rings. The maximum absolute atomic E-state index is 10.4. The second-order valence-electron chi connectivity index (χ2n) is 1.88. The molecule has 0 spiro atoms. The van der Waals surface area contributed by atoms with Crippen molar-refractivity contribution in [3.63, 3.8) is 0 Å². The molecular weight excluding hydrogens is 144 g/mol. The summed E-state index contributed by atoms with van der Waals surface area (Å²) in [6.45, 7) is 1.33. The van der Waals surface area contributed by atoms with E-state index in [2.05, 4.69) is 10.3 Å². The van der Waals surface area contributed by atoms with Crippen molar-refractivity contribution in [1.82, 2.24) is 5.32 Å². The Morgan fingerprint density at radius 2 is 2.55 bits per heavy atom. The Labute approximate surface area is 64.3 Å². The molecule has 0 bridgehead atoms. The van der Waals surface area contributed by atoms with Gasteiger partial charge in [-0.1, -0.05) is 0 Å². The first kappa shape index (κ1) is 7.53. The molecule has 0 aromatic rings. The summed E-state index contributed by atoms with van der Waals surface area (Å²) >= 11 is 0. The molecule has 0 aromatic carbocycles. The third kappa shape index (κ3) is 2.66. The van der Waals surface area contributed by atoms with Crippen molar-refractivity contribution in [2.24, 2.45) is 4.99 Å². The zero-order valence-corrected chi connectivity index (χ0v) is 6.07. The van der Waals surface area contributed by atoms with Gasteiger partial charge in [-0.15, -0.1) is 0 Å². The smallest absolute Gasteiger partial charge is 0.309 e. The van der Waals surface area contributed by atoms with Crippen LogP contribution in [0.5, 0.6) is 0 Å². The number of aliphatic imine (C=N–C) groups is 1. The van der Waals surface area contributed by atoms with Crippen LogP contribution in [0.15, 0.2) is 29.2 Å². The van der Waals surface area contributed by atoms with Gasteiger partial charge in [-0.25, -0.2) is 4.99 Å². The molecule has 0 atom stereocenters. The Kier molecular flexibility index (Phi) is 2.43. The van der Waals surface area contributed by atoms with E-state index in [4.69, 9.17) is 4.74 Å². The predicted octanol–water partition coefficient (Wildman–Crippen LogP) is 0.536. The third-order valence-corrected chi connectivity index (χ3v) is 0.946. The molecule has 1 N–H and O–H groups in total. The van der Waals surface area contributed by atoms with Crippen LogP contribution in [0.1, 0.15) is 6.92 Å². The molecule has 4 heteroatoms. The number of carbonyl (C=O) groups excluding carboxylic acids is 1. The minimum absolute atomic E-state index is 0.291. The van der Waals surface area contributed by atoms with Gasteiger partial charge in [0.25, 0.3) is 0 Å². The van der Waals surface area contributed by atoms with Crippen molar-refractivity contribution in [3.8, 4) is 0 Å². The monoisotopic (exact) mass is 152 g/mol. The Balaban J connectivity index is 2.62. The second-order valence-corrected chi connectivity index (χ2v) is 1.88. The summed E-state index contributed by atoms with van der Waals surface area (Å²) in [6.07, 6.45) is 6.42. The average molecular weight is 152 g/mol. The number of nitrogens with one attached hydrogen (secondary N) is 1. The molecule has 1 aliphatic heterocycles. The number of nitrogens with zero attached hydrogens (tertiary/aromatic N) is 1. The third-order valence-electron chi connectivity index (χ3n) is 0.946. The number of ether oxygens (including phenoxy) is 1. The standard InChI is InChI=1S/C7H8N2O2/c1-6(10)11-7-3-2-4-8-5-9-7/h2-5H,1H3,(H,8,9). The van der Waals surface area contributed by atoms with Crippen molar-refractivity contribution in [3.05, 3.63) is 24.2 Å². The lowest BCUT2D eigenvalue weighted by atomic mass is 10.5. The largest absolute Gasteiger partial charge is 0.408 e. The highest BCUT2D eigenvalue weighted by Gasteiger charge is 1.97. The quantitative estimate of drug-likeness (QED) is 0.558. The Morgan fingerprint density at radius 3 is 3.27 bits per heavy atom. The van der Waals surface area contributed by atoms with Crippen molar-refractivity contribution >= 4 is 12.3 Å². The van der Waals surface area contributed by atoms with Crippen LogP contribution in [-0.4, -0.2) is 12.3 Å². The van der Waals surface area contributed by atoms with Crippen molar-refractivity contribution < 1.29 is 9.53 Å². The molecule has 1 heterocycles. The van der Waals surface area contributed by atoms with Gasteiger partial charge < -0.3 is 10.1 Å². The summed E-state index contributed by atoms with van der Waals surface area (Å²) in [5, 5.41) is 2.73. The number of carbonyl (C=O) groups is 1. The SMILES string of the molecule is CC(=O)OC1=CC=CNC=N1. The highest BCUT2D eigenvalue weighted by Crippen LogP contribution is 2.00. The highest BCUT2D eigenvalue weighted by molar-refractivity contribution is 5.68. The van der Waals surface area contributed by atoms with Crippen LogP contribution in [0.3, 0.4) is 0 Å². The van der Waals surface area contributed by atoms with Crippen LogP contribution >= 0.6 is 0 Å². The summed E-state index contributed by atoms with van der Waals surface area (Å²) in [7, 11) is 0. The lowest BCUT2D eigenvalue weighted by Crippen LogP contribution is -2.00. The zero-order chi connectivity index (χ0) is 8.10. The first-order valence-corrected chi connectivity index (χ1v) is 3.13. The van der Waals surface area contributed by atoms with E-state index < -0.39 is 0 Å². The van der Waals surface area contributed by atoms with Crippen molar-refractivity contribution in [1.29, 1.82) is 0 Å². The van der Waals surface area contributed by atoms with E-state index >= 15 is 0 Å². The van der Waals surface area contributed by atoms with E-state index in [9.17, 15) is 4.79 Å². The van der Waals surface area contributed by atoms with E-state index in [1.165, 1.54) is 13.3 Å². The van der Waals surface area contributed by atoms with Gasteiger partial charge >= 0.3 is 5.97 Å². The van der Waals surface area contributed by atoms with Crippen LogP contribution in [0.4, 0.5) is 0 Å². The van der Waals surface area contributed by atoms with Crippen molar-refractivity contribution in [2.75, 3.05) is 0 Å². The van der Waals surface area contributed by atoms with Crippen LogP contribution in [0, 0.1) is 0 Å². The number of hydrogen-bond donors (Lipinski definition) is 1. The highest BCUT2D eigenvalue weighted by atomic mass is 16.5. The molecule has 0 unspecified atom stereocenters. The van der Waals surface area contributed by atoms with E-state index in [1.807, 2.05) is 0 Å². The normalized spacial score (nSPS) is 14.8. The number of hydrogen-bond acceptors (Lipinski definition) is 4. The van der Waals surface area contributed by atoms with Crippen LogP contribution in [-0.2, 0) is 9.53 Å². The van der Waals surface area contributed by atoms with E-state index in [0.717, 1.165) is 0 Å². The summed E-state index contributed by atoms with van der Waals surface area (Å²) in [5.74, 6) is -0.0811. The van der Waals surface area contributed by atoms with Gasteiger partial charge in [-0.3, -0.25) is 4.79 Å². The van der Waals surface area contributed by atoms with Gasteiger partial charge in [-0.05, 0) is 6.08 Å². The molecule has 1 rings (SSSR count). The van der Waals surface area contributed by atoms with Gasteiger partial charge in [0.05, 0.1) is 6.34 Å². The fraction of sp³-hybridized carbons (Fsp3) is 0.143. The fourth-order valence-corrected chi connectivity index (χ4v) is 0.581. The molecule has 0 aromatic heterocycles. The summed E-state index contributed by atoms with van der Waals surface area (Å²) in [4.78, 5) is 14.2. The number of allylic oxidation sites excluding steroid dienone is 2. The molecule has 11 heavy (non-hydrogen) atoms. The van der Waals surface area contributed by atoms with Gasteiger partial charge in [0.2, 0.25) is 5.88 Å². The van der Waals surface area contributed by atoms with Crippen LogP contribution in [0.25, 0.3) is 0 Å². The minimum atomic E-state index is -0.372. The van der Waals surface area contributed by atoms with Gasteiger partial charge in [0.15, 0.2) is 0 Å². The summed E-state index contributed by atoms with van der Waals surface area (Å²) in [5.41, 5.74) is 0. The lowest BCUT2D eigenvalue weighted by molar-refractivity contribution is -0.136. The molecule has 0 saturated heterocycles. The minimum Gasteiger partial charge on any atom is -0.408 e. The maximum Gasteiger partial charge on any atom is 0.309 e. The molecule has 0 fully saturated rings. The molecular formula is C7H8N2O2. The second kappa shape index (κ2) is 3.55. The Bertz CT molecular complexity index is 241. The molecule has 58 valence electrons. The van der Waals surface area contributed by atoms with E-state index in [0.29, 0.717) is 5.88 Å². The molecule has 0 amide bonds. The summed E-state index contributed by atoms with van der Waals surface area (Å²) in [6, 6.07) is 0. The van der Waals surface area contributed by atoms with Crippen molar-refractivity contribution in [2.45, 2.75) is 6.92 Å². The lowest BCUT2D eigenvalue weighted by Gasteiger charge is -1.96. The topological polar surface area (TPSA) is 50.7 Å². The zero-order valence-electron chi connectivity index (χ0n) is 6.07. The van der Waals surface area contributed by atoms with Crippen LogP contribution in [0.2, 0.25) is 0 Å². The average Bonchev–Trinajstić information content (AvgIpc) is 2.14. The Morgan fingerprint density at radius 1 is 1.73 bits per heavy atom. The first-order valence-electron chi connectivity index (χ1n) is 3.13. The molecule has 4 nitrogen and oxygen atoms in total. The maximum atomic E-state index is 10.4. The van der Waals surface area contributed by atoms with Gasteiger partial charge in [-0.2, -0.15) is 0 Å². The summed E-state index contributed by atoms with van der Waals surface area (Å²) < 4.78 is 4.70. The fourth-order valence-electron chi connectivity index (χ4n) is 0.581. The van der Waals surface area contributed by atoms with Gasteiger partial charge in [0, 0.05) is 19.2 Å². The first-order chi connectivity index (χ1) is 5.29. The molecule has 0 aliphatic carbocycles. The molecule has 0 radical (unpaired) electrons. The number of rotatable bonds is 1. The van der Waals surface area contributed by atoms with E-state index in [-0.39, 0.29) is 5.97 Å². The molecule has 0 saturated carbocycles. The van der Waals surface area contributed by atoms with E-state index in [1.54, 1.807) is 18.4 Å².